The molecule has 0 unspecified atom stereocenters. The van der Waals surface area contributed by atoms with Crippen LogP contribution in [0.25, 0.3) is 10.8 Å². The zero-order chi connectivity index (χ0) is 12.2. The third kappa shape index (κ3) is 2.55. The number of rotatable bonds is 2. The molecule has 0 radical (unpaired) electrons. The fourth-order valence-electron chi connectivity index (χ4n) is 2.45. The van der Waals surface area contributed by atoms with Gasteiger partial charge in [-0.05, 0) is 29.2 Å². The monoisotopic (exact) mass is 242 g/mol. The minimum atomic E-state index is -0.0849. The zero-order valence-electron chi connectivity index (χ0n) is 10.5. The highest BCUT2D eigenvalue weighted by Crippen LogP contribution is 2.21. The highest BCUT2D eigenvalue weighted by Gasteiger charge is 2.14. The van der Waals surface area contributed by atoms with E-state index in [1.807, 2.05) is 0 Å². The van der Waals surface area contributed by atoms with Gasteiger partial charge in [-0.25, -0.2) is 0 Å². The van der Waals surface area contributed by atoms with Gasteiger partial charge in [0, 0.05) is 19.6 Å². The van der Waals surface area contributed by atoms with E-state index in [0.717, 1.165) is 32.5 Å². The van der Waals surface area contributed by atoms with Gasteiger partial charge in [0.25, 0.3) is 0 Å². The first kappa shape index (κ1) is 11.7. The summed E-state index contributed by atoms with van der Waals surface area (Å²) in [5, 5.41) is 2.58. The van der Waals surface area contributed by atoms with Gasteiger partial charge < -0.3 is 9.47 Å². The largest absolute Gasteiger partial charge is 0.352 e. The summed E-state index contributed by atoms with van der Waals surface area (Å²) in [6, 6.07) is 14.9. The molecule has 0 bridgehead atoms. The van der Waals surface area contributed by atoms with Crippen LogP contribution in [-0.4, -0.2) is 19.5 Å². The van der Waals surface area contributed by atoms with Crippen LogP contribution >= 0.6 is 0 Å². The summed E-state index contributed by atoms with van der Waals surface area (Å²) in [6.07, 6.45) is 2.96. The predicted octanol–water partition coefficient (Wildman–Crippen LogP) is 3.54. The molecule has 3 rings (SSSR count). The van der Waals surface area contributed by atoms with Gasteiger partial charge in [-0.3, -0.25) is 0 Å². The van der Waals surface area contributed by atoms with E-state index >= 15 is 0 Å². The minimum Gasteiger partial charge on any atom is -0.352 e. The van der Waals surface area contributed by atoms with Crippen LogP contribution in [0.2, 0.25) is 0 Å². The average molecular weight is 242 g/mol. The maximum absolute atomic E-state index is 5.73. The predicted molar refractivity (Wildman–Crippen MR) is 72.6 cm³/mol. The SMILES string of the molecule is c1ccc2c(CC3OCCCCO3)cccc2c1. The molecule has 1 heterocycles. The molecule has 0 saturated carbocycles. The Labute approximate surface area is 108 Å². The molecule has 0 atom stereocenters. The van der Waals surface area contributed by atoms with Gasteiger partial charge in [0.2, 0.25) is 0 Å². The molecular formula is C16H18O2. The topological polar surface area (TPSA) is 18.5 Å². The van der Waals surface area contributed by atoms with Crippen molar-refractivity contribution in [1.29, 1.82) is 0 Å². The smallest absolute Gasteiger partial charge is 0.161 e. The molecule has 1 aliphatic rings. The first-order valence-corrected chi connectivity index (χ1v) is 6.63. The zero-order valence-corrected chi connectivity index (χ0v) is 10.5. The molecule has 2 aromatic carbocycles. The Balaban J connectivity index is 1.85. The summed E-state index contributed by atoms with van der Waals surface area (Å²) in [5.41, 5.74) is 1.31. The molecular weight excluding hydrogens is 224 g/mol. The summed E-state index contributed by atoms with van der Waals surface area (Å²) >= 11 is 0. The molecule has 94 valence electrons. The first-order valence-electron chi connectivity index (χ1n) is 6.63. The van der Waals surface area contributed by atoms with Gasteiger partial charge in [-0.2, -0.15) is 0 Å². The van der Waals surface area contributed by atoms with Crippen LogP contribution in [0.1, 0.15) is 18.4 Å². The van der Waals surface area contributed by atoms with Gasteiger partial charge in [0.05, 0.1) is 0 Å². The molecule has 2 heteroatoms. The van der Waals surface area contributed by atoms with Crippen LogP contribution in [0.15, 0.2) is 42.5 Å². The number of fused-ring (bicyclic) bond motifs is 1. The maximum atomic E-state index is 5.73. The lowest BCUT2D eigenvalue weighted by Gasteiger charge is -2.16. The number of benzene rings is 2. The molecule has 0 aromatic heterocycles. The maximum Gasteiger partial charge on any atom is 0.161 e. The fraction of sp³-hybridized carbons (Fsp3) is 0.375. The molecule has 1 fully saturated rings. The van der Waals surface area contributed by atoms with Crippen molar-refractivity contribution >= 4 is 10.8 Å². The van der Waals surface area contributed by atoms with E-state index in [4.69, 9.17) is 9.47 Å². The van der Waals surface area contributed by atoms with Crippen LogP contribution in [0.5, 0.6) is 0 Å². The summed E-state index contributed by atoms with van der Waals surface area (Å²) in [7, 11) is 0. The van der Waals surface area contributed by atoms with Crippen molar-refractivity contribution < 1.29 is 9.47 Å². The molecule has 0 aliphatic carbocycles. The summed E-state index contributed by atoms with van der Waals surface area (Å²) < 4.78 is 11.5. The van der Waals surface area contributed by atoms with Crippen LogP contribution < -0.4 is 0 Å². The standard InChI is InChI=1S/C16H18O2/c1-2-9-15-13(6-1)7-5-8-14(15)12-16-17-10-3-4-11-18-16/h1-2,5-9,16H,3-4,10-12H2. The minimum absolute atomic E-state index is 0.0849. The van der Waals surface area contributed by atoms with Crippen LogP contribution in [0.4, 0.5) is 0 Å². The molecule has 0 amide bonds. The van der Waals surface area contributed by atoms with Gasteiger partial charge in [-0.15, -0.1) is 0 Å². The van der Waals surface area contributed by atoms with Crippen molar-refractivity contribution in [2.24, 2.45) is 0 Å². The van der Waals surface area contributed by atoms with Crippen molar-refractivity contribution in [3.8, 4) is 0 Å². The molecule has 18 heavy (non-hydrogen) atoms. The quantitative estimate of drug-likeness (QED) is 0.802. The summed E-state index contributed by atoms with van der Waals surface area (Å²) in [5.74, 6) is 0. The van der Waals surface area contributed by atoms with Gasteiger partial charge >= 0.3 is 0 Å². The van der Waals surface area contributed by atoms with Crippen LogP contribution in [0, 0.1) is 0 Å². The van der Waals surface area contributed by atoms with Crippen molar-refractivity contribution in [1.82, 2.24) is 0 Å². The van der Waals surface area contributed by atoms with Gasteiger partial charge in [0.15, 0.2) is 6.29 Å². The Morgan fingerprint density at radius 2 is 1.61 bits per heavy atom. The second kappa shape index (κ2) is 5.51. The van der Waals surface area contributed by atoms with Gasteiger partial charge in [0.1, 0.15) is 0 Å². The molecule has 1 saturated heterocycles. The van der Waals surface area contributed by atoms with Crippen molar-refractivity contribution in [2.45, 2.75) is 25.6 Å². The lowest BCUT2D eigenvalue weighted by atomic mass is 10.0. The Bertz CT molecular complexity index is 508. The number of ether oxygens (including phenoxy) is 2. The first-order chi connectivity index (χ1) is 8.93. The normalized spacial score (nSPS) is 17.8. The van der Waals surface area contributed by atoms with E-state index in [9.17, 15) is 0 Å². The van der Waals surface area contributed by atoms with Crippen molar-refractivity contribution in [3.63, 3.8) is 0 Å². The summed E-state index contributed by atoms with van der Waals surface area (Å²) in [4.78, 5) is 0. The van der Waals surface area contributed by atoms with E-state index in [2.05, 4.69) is 42.5 Å². The van der Waals surface area contributed by atoms with E-state index in [-0.39, 0.29) is 6.29 Å². The van der Waals surface area contributed by atoms with E-state index in [1.165, 1.54) is 16.3 Å². The van der Waals surface area contributed by atoms with Crippen molar-refractivity contribution in [3.05, 3.63) is 48.0 Å². The van der Waals surface area contributed by atoms with Crippen LogP contribution in [0.3, 0.4) is 0 Å². The highest BCUT2D eigenvalue weighted by molar-refractivity contribution is 5.85. The molecule has 0 spiro atoms. The molecule has 2 nitrogen and oxygen atoms in total. The van der Waals surface area contributed by atoms with Gasteiger partial charge in [-0.1, -0.05) is 42.5 Å². The molecule has 0 N–H and O–H groups in total. The number of hydrogen-bond donors (Lipinski definition) is 0. The third-order valence-corrected chi connectivity index (χ3v) is 3.41. The van der Waals surface area contributed by atoms with E-state index in [0.29, 0.717) is 0 Å². The van der Waals surface area contributed by atoms with E-state index < -0.39 is 0 Å². The Morgan fingerprint density at radius 1 is 0.889 bits per heavy atom. The summed E-state index contributed by atoms with van der Waals surface area (Å²) in [6.45, 7) is 1.63. The molecule has 2 aromatic rings. The lowest BCUT2D eigenvalue weighted by molar-refractivity contribution is -0.124. The second-order valence-electron chi connectivity index (χ2n) is 4.72. The van der Waals surface area contributed by atoms with Crippen molar-refractivity contribution in [2.75, 3.05) is 13.2 Å². The fourth-order valence-corrected chi connectivity index (χ4v) is 2.45. The highest BCUT2D eigenvalue weighted by atomic mass is 16.7. The Hall–Kier alpha value is -1.38. The molecule has 1 aliphatic heterocycles. The Morgan fingerprint density at radius 3 is 2.44 bits per heavy atom. The Kier molecular flexibility index (Phi) is 3.58. The number of hydrogen-bond acceptors (Lipinski definition) is 2. The average Bonchev–Trinajstić information content (AvgIpc) is 2.68. The lowest BCUT2D eigenvalue weighted by Crippen LogP contribution is -2.18. The van der Waals surface area contributed by atoms with Crippen LogP contribution in [-0.2, 0) is 15.9 Å². The second-order valence-corrected chi connectivity index (χ2v) is 4.72. The third-order valence-electron chi connectivity index (χ3n) is 3.41. The van der Waals surface area contributed by atoms with E-state index in [1.54, 1.807) is 0 Å².